The molecule has 0 saturated carbocycles. The van der Waals surface area contributed by atoms with E-state index in [0.717, 1.165) is 11.0 Å². The summed E-state index contributed by atoms with van der Waals surface area (Å²) < 4.78 is 11.6. The summed E-state index contributed by atoms with van der Waals surface area (Å²) in [5.41, 5.74) is 3.28. The quantitative estimate of drug-likeness (QED) is 0.330. The van der Waals surface area contributed by atoms with Crippen LogP contribution in [-0.4, -0.2) is 53.2 Å². The third kappa shape index (κ3) is 5.94. The smallest absolute Gasteiger partial charge is 0.257 e. The van der Waals surface area contributed by atoms with Crippen molar-refractivity contribution in [3.05, 3.63) is 76.2 Å². The van der Waals surface area contributed by atoms with Crippen LogP contribution in [0.1, 0.15) is 21.8 Å². The molecule has 2 aromatic heterocycles. The number of aryl methyl sites for hydroxylation is 1. The standard InChI is InChI=1S/C26H23BrN6O3/c1-16-30-25(32-36-16)17-4-7-21(19(12-17)14-28)23-9-5-18(15-29-23)26(34)31-20-6-8-22(27)24(13-20)35-11-10-33(2)3/h4-9,12-13,15H,10-11H2,1-3H3,(H,31,34). The Morgan fingerprint density at radius 2 is 2.03 bits per heavy atom. The number of carbonyl (C=O) groups is 1. The van der Waals surface area contributed by atoms with Gasteiger partial charge in [-0.25, -0.2) is 0 Å². The number of rotatable bonds is 8. The van der Waals surface area contributed by atoms with Crippen LogP contribution in [0.4, 0.5) is 5.69 Å². The van der Waals surface area contributed by atoms with Crippen molar-refractivity contribution in [2.75, 3.05) is 32.6 Å². The zero-order valence-electron chi connectivity index (χ0n) is 19.9. The van der Waals surface area contributed by atoms with Gasteiger partial charge >= 0.3 is 0 Å². The summed E-state index contributed by atoms with van der Waals surface area (Å²) in [5, 5.41) is 16.4. The molecule has 0 saturated heterocycles. The van der Waals surface area contributed by atoms with Crippen LogP contribution >= 0.6 is 15.9 Å². The van der Waals surface area contributed by atoms with E-state index in [2.05, 4.69) is 42.4 Å². The maximum absolute atomic E-state index is 12.8. The number of nitrogens with zero attached hydrogens (tertiary/aromatic N) is 5. The van der Waals surface area contributed by atoms with Crippen LogP contribution in [0, 0.1) is 18.3 Å². The number of halogens is 1. The average Bonchev–Trinajstić information content (AvgIpc) is 3.31. The number of aromatic nitrogens is 3. The first-order valence-corrected chi connectivity index (χ1v) is 11.8. The third-order valence-electron chi connectivity index (χ3n) is 5.21. The van der Waals surface area contributed by atoms with Gasteiger partial charge in [-0.05, 0) is 60.4 Å². The highest BCUT2D eigenvalue weighted by Gasteiger charge is 2.14. The lowest BCUT2D eigenvalue weighted by atomic mass is 10.0. The van der Waals surface area contributed by atoms with Gasteiger partial charge in [0, 0.05) is 42.5 Å². The van der Waals surface area contributed by atoms with E-state index < -0.39 is 0 Å². The molecular formula is C26H23BrN6O3. The molecule has 4 rings (SSSR count). The van der Waals surface area contributed by atoms with E-state index in [1.54, 1.807) is 49.4 Å². The normalized spacial score (nSPS) is 10.8. The summed E-state index contributed by atoms with van der Waals surface area (Å²) in [5.74, 6) is 1.19. The minimum atomic E-state index is -0.307. The molecule has 0 bridgehead atoms. The number of nitrogens with one attached hydrogen (secondary N) is 1. The van der Waals surface area contributed by atoms with Crippen LogP contribution < -0.4 is 10.1 Å². The predicted molar refractivity (Wildman–Crippen MR) is 139 cm³/mol. The lowest BCUT2D eigenvalue weighted by molar-refractivity contribution is 0.102. The molecule has 2 aromatic carbocycles. The molecule has 4 aromatic rings. The average molecular weight is 547 g/mol. The van der Waals surface area contributed by atoms with Crippen LogP contribution in [-0.2, 0) is 0 Å². The fourth-order valence-electron chi connectivity index (χ4n) is 3.34. The molecule has 36 heavy (non-hydrogen) atoms. The summed E-state index contributed by atoms with van der Waals surface area (Å²) in [6.45, 7) is 3.00. The molecule has 0 aliphatic heterocycles. The second-order valence-corrected chi connectivity index (χ2v) is 9.05. The van der Waals surface area contributed by atoms with Crippen LogP contribution in [0.2, 0.25) is 0 Å². The highest BCUT2D eigenvalue weighted by Crippen LogP contribution is 2.29. The van der Waals surface area contributed by atoms with E-state index in [0.29, 0.717) is 57.7 Å². The lowest BCUT2D eigenvalue weighted by Gasteiger charge is -2.13. The molecule has 0 fully saturated rings. The molecule has 0 radical (unpaired) electrons. The number of hydrogen-bond donors (Lipinski definition) is 1. The molecule has 0 aliphatic rings. The maximum atomic E-state index is 12.8. The molecule has 1 N–H and O–H groups in total. The number of amides is 1. The van der Waals surface area contributed by atoms with Gasteiger partial charge in [0.2, 0.25) is 11.7 Å². The number of likely N-dealkylation sites (N-methyl/N-ethyl adjacent to an activating group) is 1. The van der Waals surface area contributed by atoms with Crippen LogP contribution in [0.25, 0.3) is 22.6 Å². The van der Waals surface area contributed by atoms with E-state index >= 15 is 0 Å². The van der Waals surface area contributed by atoms with E-state index in [-0.39, 0.29) is 5.91 Å². The summed E-state index contributed by atoms with van der Waals surface area (Å²) >= 11 is 3.47. The Kier molecular flexibility index (Phi) is 7.73. The first-order valence-electron chi connectivity index (χ1n) is 11.0. The summed E-state index contributed by atoms with van der Waals surface area (Å²) in [6.07, 6.45) is 1.48. The number of nitriles is 1. The number of ether oxygens (including phenoxy) is 1. The molecule has 0 unspecified atom stereocenters. The number of hydrogen-bond acceptors (Lipinski definition) is 8. The Labute approximate surface area is 216 Å². The maximum Gasteiger partial charge on any atom is 0.257 e. The van der Waals surface area contributed by atoms with E-state index in [9.17, 15) is 10.1 Å². The van der Waals surface area contributed by atoms with Crippen molar-refractivity contribution in [3.8, 4) is 34.5 Å². The Morgan fingerprint density at radius 3 is 2.69 bits per heavy atom. The second kappa shape index (κ2) is 11.1. The molecule has 10 heteroatoms. The van der Waals surface area contributed by atoms with E-state index in [1.807, 2.05) is 25.1 Å². The first-order chi connectivity index (χ1) is 17.3. The van der Waals surface area contributed by atoms with Gasteiger partial charge in [-0.15, -0.1) is 0 Å². The van der Waals surface area contributed by atoms with Gasteiger partial charge in [0.25, 0.3) is 5.91 Å². The third-order valence-corrected chi connectivity index (χ3v) is 5.87. The molecule has 0 atom stereocenters. The molecule has 0 spiro atoms. The lowest BCUT2D eigenvalue weighted by Crippen LogP contribution is -2.19. The van der Waals surface area contributed by atoms with E-state index in [1.165, 1.54) is 6.20 Å². The van der Waals surface area contributed by atoms with Gasteiger partial charge in [0.05, 0.1) is 27.4 Å². The van der Waals surface area contributed by atoms with Crippen molar-refractivity contribution in [1.29, 1.82) is 5.26 Å². The monoisotopic (exact) mass is 546 g/mol. The Morgan fingerprint density at radius 1 is 1.19 bits per heavy atom. The highest BCUT2D eigenvalue weighted by molar-refractivity contribution is 9.10. The zero-order valence-corrected chi connectivity index (χ0v) is 21.5. The SMILES string of the molecule is Cc1nc(-c2ccc(-c3ccc(C(=O)Nc4ccc(Br)c(OCCN(C)C)c4)cn3)c(C#N)c2)no1. The van der Waals surface area contributed by atoms with Crippen molar-refractivity contribution in [2.45, 2.75) is 6.92 Å². The number of benzene rings is 2. The van der Waals surface area contributed by atoms with Crippen LogP contribution in [0.15, 0.2) is 63.7 Å². The molecule has 2 heterocycles. The van der Waals surface area contributed by atoms with Gasteiger partial charge in [-0.2, -0.15) is 10.2 Å². The molecule has 9 nitrogen and oxygen atoms in total. The van der Waals surface area contributed by atoms with Crippen molar-refractivity contribution in [1.82, 2.24) is 20.0 Å². The minimum absolute atomic E-state index is 0.307. The molecule has 182 valence electrons. The van der Waals surface area contributed by atoms with Gasteiger partial charge in [-0.3, -0.25) is 9.78 Å². The Bertz CT molecular complexity index is 1430. The van der Waals surface area contributed by atoms with Gasteiger partial charge in [-0.1, -0.05) is 17.3 Å². The second-order valence-electron chi connectivity index (χ2n) is 8.19. The minimum Gasteiger partial charge on any atom is -0.491 e. The molecule has 1 amide bonds. The fraction of sp³-hybridized carbons (Fsp3) is 0.192. The van der Waals surface area contributed by atoms with Gasteiger partial charge < -0.3 is 19.5 Å². The van der Waals surface area contributed by atoms with Crippen LogP contribution in [0.5, 0.6) is 5.75 Å². The Balaban J connectivity index is 1.48. The number of anilines is 1. The molecular weight excluding hydrogens is 524 g/mol. The zero-order chi connectivity index (χ0) is 25.7. The predicted octanol–water partition coefficient (Wildman–Crippen LogP) is 4.93. The number of pyridine rings is 1. The summed E-state index contributed by atoms with van der Waals surface area (Å²) in [6, 6.07) is 16.2. The fourth-order valence-corrected chi connectivity index (χ4v) is 3.70. The highest BCUT2D eigenvalue weighted by atomic mass is 79.9. The summed E-state index contributed by atoms with van der Waals surface area (Å²) in [4.78, 5) is 23.4. The number of carbonyl (C=O) groups excluding carboxylic acids is 1. The van der Waals surface area contributed by atoms with Crippen molar-refractivity contribution in [2.24, 2.45) is 0 Å². The van der Waals surface area contributed by atoms with Crippen molar-refractivity contribution >= 4 is 27.5 Å². The van der Waals surface area contributed by atoms with Crippen molar-refractivity contribution < 1.29 is 14.1 Å². The first kappa shape index (κ1) is 25.0. The Hall–Kier alpha value is -4.07. The summed E-state index contributed by atoms with van der Waals surface area (Å²) in [7, 11) is 3.95. The van der Waals surface area contributed by atoms with Gasteiger partial charge in [0.15, 0.2) is 0 Å². The van der Waals surface area contributed by atoms with Crippen LogP contribution in [0.3, 0.4) is 0 Å². The van der Waals surface area contributed by atoms with Gasteiger partial charge in [0.1, 0.15) is 12.4 Å². The van der Waals surface area contributed by atoms with E-state index in [4.69, 9.17) is 9.26 Å². The van der Waals surface area contributed by atoms with Crippen molar-refractivity contribution in [3.63, 3.8) is 0 Å². The largest absolute Gasteiger partial charge is 0.491 e. The molecule has 0 aliphatic carbocycles. The topological polar surface area (TPSA) is 117 Å².